The fraction of sp³-hybridized carbons (Fsp3) is 0.714. The molecule has 104 valence electrons. The molecule has 0 bridgehead atoms. The van der Waals surface area contributed by atoms with Crippen LogP contribution in [-0.4, -0.2) is 28.8 Å². The first-order valence-corrected chi connectivity index (χ1v) is 7.27. The maximum Gasteiger partial charge on any atom is 0.224 e. The van der Waals surface area contributed by atoms with Crippen LogP contribution in [0.25, 0.3) is 0 Å². The van der Waals surface area contributed by atoms with Crippen LogP contribution in [-0.2, 0) is 18.3 Å². The van der Waals surface area contributed by atoms with Gasteiger partial charge in [0.25, 0.3) is 0 Å². The van der Waals surface area contributed by atoms with Gasteiger partial charge in [0.1, 0.15) is 0 Å². The summed E-state index contributed by atoms with van der Waals surface area (Å²) in [6, 6.07) is 0.159. The zero-order valence-corrected chi connectivity index (χ0v) is 11.5. The first-order valence-electron chi connectivity index (χ1n) is 7.27. The topological polar surface area (TPSA) is 59.0 Å². The second-order valence-electron chi connectivity index (χ2n) is 5.67. The minimum atomic E-state index is 0.135. The molecule has 19 heavy (non-hydrogen) atoms. The van der Waals surface area contributed by atoms with E-state index in [4.69, 9.17) is 0 Å². The van der Waals surface area contributed by atoms with Crippen molar-refractivity contribution < 1.29 is 4.79 Å². The van der Waals surface area contributed by atoms with E-state index in [9.17, 15) is 4.79 Å². The summed E-state index contributed by atoms with van der Waals surface area (Å²) in [5, 5.41) is 10.8. The number of nitrogens with one attached hydrogen (secondary N) is 2. The first kappa shape index (κ1) is 12.7. The number of piperidine rings is 1. The molecule has 1 aliphatic heterocycles. The van der Waals surface area contributed by atoms with Crippen molar-refractivity contribution in [3.05, 3.63) is 17.5 Å². The molecule has 2 N–H and O–H groups in total. The molecule has 2 aliphatic rings. The monoisotopic (exact) mass is 262 g/mol. The number of nitrogens with zero attached hydrogens (tertiary/aromatic N) is 2. The van der Waals surface area contributed by atoms with Crippen molar-refractivity contribution in [1.29, 1.82) is 0 Å². The Labute approximate surface area is 113 Å². The van der Waals surface area contributed by atoms with Crippen LogP contribution in [0.5, 0.6) is 0 Å². The summed E-state index contributed by atoms with van der Waals surface area (Å²) in [6.07, 6.45) is 7.25. The van der Waals surface area contributed by atoms with Crippen molar-refractivity contribution in [2.24, 2.45) is 13.0 Å². The van der Waals surface area contributed by atoms with E-state index in [1.54, 1.807) is 0 Å². The Balaban J connectivity index is 1.68. The van der Waals surface area contributed by atoms with Crippen LogP contribution >= 0.6 is 0 Å². The SMILES string of the molecule is Cn1ncc2c1CCCC2NC(=O)[C@H]1CCCNC1. The van der Waals surface area contributed by atoms with Crippen LogP contribution < -0.4 is 10.6 Å². The van der Waals surface area contributed by atoms with Crippen LogP contribution in [0.1, 0.15) is 43.0 Å². The van der Waals surface area contributed by atoms with Gasteiger partial charge in [0.05, 0.1) is 18.2 Å². The third-order valence-electron chi connectivity index (χ3n) is 4.36. The smallest absolute Gasteiger partial charge is 0.224 e. The highest BCUT2D eigenvalue weighted by atomic mass is 16.2. The van der Waals surface area contributed by atoms with Gasteiger partial charge in [-0.3, -0.25) is 9.48 Å². The molecule has 0 saturated carbocycles. The standard InChI is InChI=1S/C14H22N4O/c1-18-13-6-2-5-12(11(13)9-16-18)17-14(19)10-4-3-7-15-8-10/h9-10,12,15H,2-8H2,1H3,(H,17,19)/t10-,12?/m0/s1. The number of aryl methyl sites for hydroxylation is 1. The molecule has 2 heterocycles. The van der Waals surface area contributed by atoms with E-state index in [1.807, 2.05) is 17.9 Å². The molecule has 5 heteroatoms. The predicted molar refractivity (Wildman–Crippen MR) is 72.6 cm³/mol. The van der Waals surface area contributed by atoms with Crippen molar-refractivity contribution in [2.75, 3.05) is 13.1 Å². The number of hydrogen-bond acceptors (Lipinski definition) is 3. The van der Waals surface area contributed by atoms with Gasteiger partial charge in [-0.15, -0.1) is 0 Å². The van der Waals surface area contributed by atoms with Gasteiger partial charge in [-0.05, 0) is 38.6 Å². The summed E-state index contributed by atoms with van der Waals surface area (Å²) in [5.74, 6) is 0.338. The molecule has 5 nitrogen and oxygen atoms in total. The molecule has 1 aliphatic carbocycles. The second kappa shape index (κ2) is 5.33. The Kier molecular flexibility index (Phi) is 3.55. The van der Waals surface area contributed by atoms with E-state index in [0.29, 0.717) is 0 Å². The Morgan fingerprint density at radius 3 is 3.16 bits per heavy atom. The van der Waals surface area contributed by atoms with Gasteiger partial charge in [-0.25, -0.2) is 0 Å². The van der Waals surface area contributed by atoms with E-state index >= 15 is 0 Å². The summed E-state index contributed by atoms with van der Waals surface area (Å²) in [4.78, 5) is 12.3. The maximum atomic E-state index is 12.3. The highest BCUT2D eigenvalue weighted by molar-refractivity contribution is 5.79. The van der Waals surface area contributed by atoms with E-state index < -0.39 is 0 Å². The Morgan fingerprint density at radius 2 is 2.37 bits per heavy atom. The number of aromatic nitrogens is 2. The summed E-state index contributed by atoms with van der Waals surface area (Å²) in [5.41, 5.74) is 2.49. The number of hydrogen-bond donors (Lipinski definition) is 2. The molecule has 2 atom stereocenters. The number of fused-ring (bicyclic) bond motifs is 1. The van der Waals surface area contributed by atoms with Gasteiger partial charge in [-0.2, -0.15) is 5.10 Å². The molecule has 1 aromatic heterocycles. The highest BCUT2D eigenvalue weighted by Crippen LogP contribution is 2.29. The molecule has 3 rings (SSSR count). The zero-order chi connectivity index (χ0) is 13.2. The Hall–Kier alpha value is -1.36. The minimum absolute atomic E-state index is 0.135. The summed E-state index contributed by atoms with van der Waals surface area (Å²) in [7, 11) is 1.98. The quantitative estimate of drug-likeness (QED) is 0.833. The molecular weight excluding hydrogens is 240 g/mol. The average Bonchev–Trinajstić information content (AvgIpc) is 2.83. The average molecular weight is 262 g/mol. The fourth-order valence-corrected chi connectivity index (χ4v) is 3.22. The van der Waals surface area contributed by atoms with Crippen LogP contribution in [0.2, 0.25) is 0 Å². The van der Waals surface area contributed by atoms with E-state index in [0.717, 1.165) is 45.2 Å². The molecule has 0 radical (unpaired) electrons. The number of rotatable bonds is 2. The summed E-state index contributed by atoms with van der Waals surface area (Å²) in [6.45, 7) is 1.86. The van der Waals surface area contributed by atoms with Gasteiger partial charge in [0.15, 0.2) is 0 Å². The first-order chi connectivity index (χ1) is 9.25. The lowest BCUT2D eigenvalue weighted by molar-refractivity contribution is -0.126. The molecule has 0 aromatic carbocycles. The maximum absolute atomic E-state index is 12.3. The minimum Gasteiger partial charge on any atom is -0.349 e. The van der Waals surface area contributed by atoms with Gasteiger partial charge >= 0.3 is 0 Å². The molecule has 0 spiro atoms. The van der Waals surface area contributed by atoms with E-state index in [-0.39, 0.29) is 17.9 Å². The van der Waals surface area contributed by atoms with E-state index in [1.165, 1.54) is 11.3 Å². The van der Waals surface area contributed by atoms with Crippen molar-refractivity contribution in [1.82, 2.24) is 20.4 Å². The van der Waals surface area contributed by atoms with Crippen LogP contribution in [0, 0.1) is 5.92 Å². The van der Waals surface area contributed by atoms with E-state index in [2.05, 4.69) is 15.7 Å². The van der Waals surface area contributed by atoms with Gasteiger partial charge < -0.3 is 10.6 Å². The number of carbonyl (C=O) groups excluding carboxylic acids is 1. The van der Waals surface area contributed by atoms with Crippen LogP contribution in [0.15, 0.2) is 6.20 Å². The Bertz CT molecular complexity index is 462. The highest BCUT2D eigenvalue weighted by Gasteiger charge is 2.28. The zero-order valence-electron chi connectivity index (χ0n) is 11.5. The van der Waals surface area contributed by atoms with Crippen molar-refractivity contribution in [2.45, 2.75) is 38.1 Å². The third kappa shape index (κ3) is 2.52. The lowest BCUT2D eigenvalue weighted by Crippen LogP contribution is -2.42. The van der Waals surface area contributed by atoms with Crippen LogP contribution in [0.4, 0.5) is 0 Å². The fourth-order valence-electron chi connectivity index (χ4n) is 3.22. The van der Waals surface area contributed by atoms with Crippen molar-refractivity contribution in [3.63, 3.8) is 0 Å². The normalized spacial score (nSPS) is 26.8. The predicted octanol–water partition coefficient (Wildman–Crippen LogP) is 0.913. The van der Waals surface area contributed by atoms with Gasteiger partial charge in [0.2, 0.25) is 5.91 Å². The second-order valence-corrected chi connectivity index (χ2v) is 5.67. The molecule has 1 aromatic rings. The summed E-state index contributed by atoms with van der Waals surface area (Å²) < 4.78 is 1.94. The van der Waals surface area contributed by atoms with Crippen LogP contribution in [0.3, 0.4) is 0 Å². The lowest BCUT2D eigenvalue weighted by atomic mass is 9.91. The summed E-state index contributed by atoms with van der Waals surface area (Å²) >= 11 is 0. The number of carbonyl (C=O) groups is 1. The molecule has 1 amide bonds. The lowest BCUT2D eigenvalue weighted by Gasteiger charge is -2.27. The Morgan fingerprint density at radius 1 is 1.47 bits per heavy atom. The molecule has 1 fully saturated rings. The van der Waals surface area contributed by atoms with Gasteiger partial charge in [-0.1, -0.05) is 0 Å². The van der Waals surface area contributed by atoms with Crippen molar-refractivity contribution >= 4 is 5.91 Å². The third-order valence-corrected chi connectivity index (χ3v) is 4.36. The van der Waals surface area contributed by atoms with Crippen molar-refractivity contribution in [3.8, 4) is 0 Å². The molecular formula is C14H22N4O. The largest absolute Gasteiger partial charge is 0.349 e. The number of amides is 1. The molecule has 1 unspecified atom stereocenters. The molecule has 1 saturated heterocycles. The van der Waals surface area contributed by atoms with Gasteiger partial charge in [0, 0.05) is 24.8 Å².